The van der Waals surface area contributed by atoms with E-state index in [1.807, 2.05) is 38.1 Å². The van der Waals surface area contributed by atoms with E-state index in [1.165, 1.54) is 0 Å². The van der Waals surface area contributed by atoms with Crippen LogP contribution < -0.4 is 14.9 Å². The van der Waals surface area contributed by atoms with Gasteiger partial charge in [0.15, 0.2) is 15.8 Å². The maximum atomic E-state index is 13.1. The second-order valence-corrected chi connectivity index (χ2v) is 11.4. The number of thioether (sulfide) groups is 1. The quantitative estimate of drug-likeness (QED) is 0.200. The number of hydrazine groups is 1. The van der Waals surface area contributed by atoms with Crippen molar-refractivity contribution in [2.24, 2.45) is 0 Å². The van der Waals surface area contributed by atoms with Gasteiger partial charge in [0.2, 0.25) is 0 Å². The van der Waals surface area contributed by atoms with E-state index in [1.54, 1.807) is 36.4 Å². The van der Waals surface area contributed by atoms with E-state index in [4.69, 9.17) is 44.9 Å². The predicted octanol–water partition coefficient (Wildman–Crippen LogP) is 7.59. The molecule has 38 heavy (non-hydrogen) atoms. The largest absolute Gasteiger partial charge is 0.490 e. The van der Waals surface area contributed by atoms with E-state index >= 15 is 0 Å². The number of nitrogens with zero attached hydrogens (tertiary/aromatic N) is 1. The minimum Gasteiger partial charge on any atom is -0.490 e. The highest BCUT2D eigenvalue weighted by atomic mass is 79.9. The Labute approximate surface area is 248 Å². The van der Waals surface area contributed by atoms with Gasteiger partial charge in [-0.2, -0.15) is 5.01 Å². The van der Waals surface area contributed by atoms with Crippen molar-refractivity contribution in [3.05, 3.63) is 96.3 Å². The lowest BCUT2D eigenvalue weighted by atomic mass is 10.1. The zero-order chi connectivity index (χ0) is 27.4. The van der Waals surface area contributed by atoms with Crippen LogP contribution in [0.3, 0.4) is 0 Å². The summed E-state index contributed by atoms with van der Waals surface area (Å²) in [5.41, 5.74) is 5.23. The molecule has 11 heteroatoms. The first-order valence-corrected chi connectivity index (χ1v) is 14.1. The molecular weight excluding hydrogens is 631 g/mol. The van der Waals surface area contributed by atoms with Gasteiger partial charge in [0.1, 0.15) is 6.61 Å². The van der Waals surface area contributed by atoms with E-state index in [-0.39, 0.29) is 21.5 Å². The topological polar surface area (TPSA) is 67.9 Å². The van der Waals surface area contributed by atoms with Crippen molar-refractivity contribution in [1.82, 2.24) is 10.4 Å². The van der Waals surface area contributed by atoms with Crippen molar-refractivity contribution in [1.29, 1.82) is 0 Å². The average Bonchev–Trinajstić information content (AvgIpc) is 3.12. The Kier molecular flexibility index (Phi) is 9.38. The molecule has 0 radical (unpaired) electrons. The van der Waals surface area contributed by atoms with E-state index in [0.717, 1.165) is 27.9 Å². The molecule has 1 heterocycles. The van der Waals surface area contributed by atoms with Crippen molar-refractivity contribution < 1.29 is 19.1 Å². The molecule has 0 aliphatic carbocycles. The van der Waals surface area contributed by atoms with Crippen molar-refractivity contribution in [3.8, 4) is 11.5 Å². The highest BCUT2D eigenvalue weighted by Gasteiger charge is 2.34. The van der Waals surface area contributed by atoms with Crippen LogP contribution in [0.1, 0.15) is 34.0 Å². The Morgan fingerprint density at radius 1 is 1.13 bits per heavy atom. The van der Waals surface area contributed by atoms with Crippen LogP contribution in [-0.4, -0.2) is 27.8 Å². The molecule has 0 saturated carbocycles. The standard InChI is InChI=1S/C27H21BrCl2N2O4S2/c1-3-35-22-12-16(11-19(28)24(22)36-14-17-6-4-5-7-20(17)29)13-23-26(34)32(27(37)38-23)31-25(33)18-9-8-15(2)10-21(18)30/h4-13H,3,14H2,1-2H3,(H,31,33)/b23-13+. The number of halogens is 3. The zero-order valence-corrected chi connectivity index (χ0v) is 24.9. The summed E-state index contributed by atoms with van der Waals surface area (Å²) in [5.74, 6) is 0.0235. The van der Waals surface area contributed by atoms with Gasteiger partial charge in [-0.15, -0.1) is 0 Å². The van der Waals surface area contributed by atoms with E-state index in [2.05, 4.69) is 21.4 Å². The molecule has 1 fully saturated rings. The average molecular weight is 652 g/mol. The summed E-state index contributed by atoms with van der Waals surface area (Å²) in [6.45, 7) is 4.40. The number of aryl methyl sites for hydroxylation is 1. The second-order valence-electron chi connectivity index (χ2n) is 8.08. The summed E-state index contributed by atoms with van der Waals surface area (Å²) in [4.78, 5) is 26.2. The summed E-state index contributed by atoms with van der Waals surface area (Å²) >= 11 is 22.4. The molecule has 1 aliphatic heterocycles. The molecule has 6 nitrogen and oxygen atoms in total. The smallest absolute Gasteiger partial charge is 0.285 e. The first-order valence-electron chi connectivity index (χ1n) is 11.4. The monoisotopic (exact) mass is 650 g/mol. The first kappa shape index (κ1) is 28.4. The van der Waals surface area contributed by atoms with E-state index in [9.17, 15) is 9.59 Å². The number of rotatable bonds is 8. The molecule has 2 amide bonds. The Balaban J connectivity index is 1.54. The summed E-state index contributed by atoms with van der Waals surface area (Å²) in [7, 11) is 0. The Morgan fingerprint density at radius 2 is 1.89 bits per heavy atom. The lowest BCUT2D eigenvalue weighted by Gasteiger charge is -2.16. The van der Waals surface area contributed by atoms with Crippen LogP contribution in [0.15, 0.2) is 64.0 Å². The van der Waals surface area contributed by atoms with Gasteiger partial charge in [0.05, 0.1) is 26.6 Å². The molecule has 1 saturated heterocycles. The van der Waals surface area contributed by atoms with Crippen molar-refractivity contribution >= 4 is 85.3 Å². The second kappa shape index (κ2) is 12.5. The number of carbonyl (C=O) groups is 2. The van der Waals surface area contributed by atoms with Gasteiger partial charge >= 0.3 is 0 Å². The molecule has 0 atom stereocenters. The lowest BCUT2D eigenvalue weighted by Crippen LogP contribution is -2.44. The summed E-state index contributed by atoms with van der Waals surface area (Å²) in [5, 5.41) is 1.94. The van der Waals surface area contributed by atoms with E-state index in [0.29, 0.717) is 38.1 Å². The van der Waals surface area contributed by atoms with Crippen LogP contribution in [-0.2, 0) is 11.4 Å². The molecule has 1 aliphatic rings. The number of ether oxygens (including phenoxy) is 2. The molecule has 3 aromatic carbocycles. The highest BCUT2D eigenvalue weighted by molar-refractivity contribution is 9.10. The Bertz CT molecular complexity index is 1460. The SMILES string of the molecule is CCOc1cc(/C=C2/SC(=S)N(NC(=O)c3ccc(C)cc3Cl)C2=O)cc(Br)c1OCc1ccccc1Cl. The Morgan fingerprint density at radius 3 is 2.61 bits per heavy atom. The predicted molar refractivity (Wildman–Crippen MR) is 160 cm³/mol. The number of carbonyl (C=O) groups excluding carboxylic acids is 2. The van der Waals surface area contributed by atoms with Gasteiger partial charge in [0.25, 0.3) is 11.8 Å². The van der Waals surface area contributed by atoms with Crippen LogP contribution in [0.25, 0.3) is 6.08 Å². The van der Waals surface area contributed by atoms with Crippen LogP contribution >= 0.6 is 63.1 Å². The lowest BCUT2D eigenvalue weighted by molar-refractivity contribution is -0.123. The molecule has 0 bridgehead atoms. The maximum Gasteiger partial charge on any atom is 0.285 e. The summed E-state index contributed by atoms with van der Waals surface area (Å²) in [6, 6.07) is 16.1. The van der Waals surface area contributed by atoms with Gasteiger partial charge < -0.3 is 9.47 Å². The van der Waals surface area contributed by atoms with Gasteiger partial charge in [-0.3, -0.25) is 15.0 Å². The number of hydrogen-bond donors (Lipinski definition) is 1. The third kappa shape index (κ3) is 6.52. The molecule has 4 rings (SSSR count). The molecule has 0 aromatic heterocycles. The minimum absolute atomic E-state index is 0.196. The van der Waals surface area contributed by atoms with Crippen molar-refractivity contribution in [2.45, 2.75) is 20.5 Å². The van der Waals surface area contributed by atoms with Crippen LogP contribution in [0.5, 0.6) is 11.5 Å². The number of nitrogens with one attached hydrogen (secondary N) is 1. The van der Waals surface area contributed by atoms with Gasteiger partial charge in [-0.1, -0.05) is 59.2 Å². The van der Waals surface area contributed by atoms with Gasteiger partial charge in [-0.25, -0.2) is 0 Å². The third-order valence-corrected chi connectivity index (χ3v) is 7.91. The van der Waals surface area contributed by atoms with Gasteiger partial charge in [-0.05, 0) is 89.5 Å². The molecule has 0 spiro atoms. The number of amides is 2. The summed E-state index contributed by atoms with van der Waals surface area (Å²) < 4.78 is 12.7. The molecule has 0 unspecified atom stereocenters. The number of thiocarbonyl (C=S) groups is 1. The number of hydrogen-bond acceptors (Lipinski definition) is 6. The molecule has 1 N–H and O–H groups in total. The number of benzene rings is 3. The molecule has 3 aromatic rings. The zero-order valence-electron chi connectivity index (χ0n) is 20.2. The fourth-order valence-electron chi connectivity index (χ4n) is 3.52. The van der Waals surface area contributed by atoms with Crippen LogP contribution in [0, 0.1) is 6.92 Å². The van der Waals surface area contributed by atoms with Crippen molar-refractivity contribution in [2.75, 3.05) is 6.61 Å². The Hall–Kier alpha value is -2.56. The van der Waals surface area contributed by atoms with Crippen molar-refractivity contribution in [3.63, 3.8) is 0 Å². The van der Waals surface area contributed by atoms with Crippen LogP contribution in [0.2, 0.25) is 10.0 Å². The summed E-state index contributed by atoms with van der Waals surface area (Å²) in [6.07, 6.45) is 1.68. The normalized spacial score (nSPS) is 14.2. The maximum absolute atomic E-state index is 13.1. The van der Waals surface area contributed by atoms with Gasteiger partial charge in [0, 0.05) is 10.6 Å². The third-order valence-electron chi connectivity index (χ3n) is 5.34. The highest BCUT2D eigenvalue weighted by Crippen LogP contribution is 2.40. The minimum atomic E-state index is -0.533. The molecule has 196 valence electrons. The van der Waals surface area contributed by atoms with Crippen LogP contribution in [0.4, 0.5) is 0 Å². The fourth-order valence-corrected chi connectivity index (χ4v) is 5.79. The molecular formula is C27H21BrCl2N2O4S2. The fraction of sp³-hybridized carbons (Fsp3) is 0.148. The van der Waals surface area contributed by atoms with E-state index < -0.39 is 11.8 Å². The first-order chi connectivity index (χ1) is 18.2.